The molecule has 0 radical (unpaired) electrons. The molecule has 0 spiro atoms. The zero-order valence-corrected chi connectivity index (χ0v) is 10.5. The van der Waals surface area contributed by atoms with E-state index in [1.54, 1.807) is 0 Å². The number of aliphatic carboxylic acids is 1. The fraction of sp³-hybridized carbons (Fsp3) is 0.700. The van der Waals surface area contributed by atoms with Gasteiger partial charge in [-0.1, -0.05) is 13.8 Å². The highest BCUT2D eigenvalue weighted by molar-refractivity contribution is 7.09. The third kappa shape index (κ3) is 4.14. The first-order chi connectivity index (χ1) is 7.49. The van der Waals surface area contributed by atoms with Crippen LogP contribution in [0.2, 0.25) is 0 Å². The minimum absolute atomic E-state index is 0.101. The van der Waals surface area contributed by atoms with E-state index in [1.807, 2.05) is 20.8 Å². The lowest BCUT2D eigenvalue weighted by molar-refractivity contribution is -0.137. The summed E-state index contributed by atoms with van der Waals surface area (Å²) in [6, 6.07) is 0.101. The molecule has 0 aliphatic carbocycles. The van der Waals surface area contributed by atoms with Crippen molar-refractivity contribution in [1.82, 2.24) is 9.36 Å². The number of carboxylic acid groups (broad SMARTS) is 1. The molecular formula is C10H17N3O2S. The lowest BCUT2D eigenvalue weighted by atomic mass is 10.2. The van der Waals surface area contributed by atoms with Gasteiger partial charge in [0.1, 0.15) is 5.82 Å². The minimum Gasteiger partial charge on any atom is -0.481 e. The van der Waals surface area contributed by atoms with Crippen LogP contribution in [0.25, 0.3) is 0 Å². The molecule has 1 heterocycles. The molecule has 5 nitrogen and oxygen atoms in total. The molecule has 1 atom stereocenters. The molecule has 0 aromatic carbocycles. The summed E-state index contributed by atoms with van der Waals surface area (Å²) in [5.41, 5.74) is 0. The molecule has 6 heteroatoms. The van der Waals surface area contributed by atoms with Crippen LogP contribution in [-0.2, 0) is 4.79 Å². The van der Waals surface area contributed by atoms with Gasteiger partial charge in [0, 0.05) is 29.9 Å². The summed E-state index contributed by atoms with van der Waals surface area (Å²) < 4.78 is 4.22. The average Bonchev–Trinajstić information content (AvgIpc) is 2.63. The van der Waals surface area contributed by atoms with Crippen molar-refractivity contribution in [3.63, 3.8) is 0 Å². The molecule has 1 aromatic rings. The van der Waals surface area contributed by atoms with E-state index in [1.165, 1.54) is 11.5 Å². The summed E-state index contributed by atoms with van der Waals surface area (Å²) in [5, 5.41) is 12.5. The van der Waals surface area contributed by atoms with Crippen LogP contribution >= 0.6 is 11.5 Å². The molecule has 0 fully saturated rings. The maximum Gasteiger partial charge on any atom is 0.303 e. The van der Waals surface area contributed by atoms with Crippen molar-refractivity contribution in [2.75, 3.05) is 5.32 Å². The van der Waals surface area contributed by atoms with Gasteiger partial charge in [-0.3, -0.25) is 4.79 Å². The van der Waals surface area contributed by atoms with Crippen molar-refractivity contribution in [1.29, 1.82) is 0 Å². The first-order valence-corrected chi connectivity index (χ1v) is 6.08. The SMILES string of the molecule is CC(CCC(=O)O)Nc1nc(C(C)C)ns1. The van der Waals surface area contributed by atoms with Crippen molar-refractivity contribution < 1.29 is 9.90 Å². The highest BCUT2D eigenvalue weighted by Crippen LogP contribution is 2.18. The molecule has 0 amide bonds. The third-order valence-electron chi connectivity index (χ3n) is 2.12. The van der Waals surface area contributed by atoms with Gasteiger partial charge in [-0.05, 0) is 13.3 Å². The molecule has 2 N–H and O–H groups in total. The van der Waals surface area contributed by atoms with Crippen LogP contribution < -0.4 is 5.32 Å². The van der Waals surface area contributed by atoms with Crippen molar-refractivity contribution in [2.45, 2.75) is 45.6 Å². The third-order valence-corrected chi connectivity index (χ3v) is 2.78. The molecule has 16 heavy (non-hydrogen) atoms. The van der Waals surface area contributed by atoms with Crippen LogP contribution in [0.15, 0.2) is 0 Å². The lowest BCUT2D eigenvalue weighted by Crippen LogP contribution is -2.16. The van der Waals surface area contributed by atoms with E-state index in [-0.39, 0.29) is 12.5 Å². The van der Waals surface area contributed by atoms with Crippen molar-refractivity contribution >= 4 is 22.6 Å². The molecule has 1 unspecified atom stereocenters. The van der Waals surface area contributed by atoms with Gasteiger partial charge in [0.2, 0.25) is 5.13 Å². The summed E-state index contributed by atoms with van der Waals surface area (Å²) in [6.45, 7) is 6.03. The molecule has 0 aliphatic rings. The zero-order valence-electron chi connectivity index (χ0n) is 9.73. The van der Waals surface area contributed by atoms with E-state index in [9.17, 15) is 4.79 Å². The smallest absolute Gasteiger partial charge is 0.303 e. The molecule has 90 valence electrons. The molecule has 0 aliphatic heterocycles. The lowest BCUT2D eigenvalue weighted by Gasteiger charge is -2.10. The summed E-state index contributed by atoms with van der Waals surface area (Å²) in [7, 11) is 0. The van der Waals surface area contributed by atoms with E-state index in [2.05, 4.69) is 14.7 Å². The van der Waals surface area contributed by atoms with E-state index in [0.717, 1.165) is 11.0 Å². The number of hydrogen-bond donors (Lipinski definition) is 2. The molecule has 1 rings (SSSR count). The fourth-order valence-corrected chi connectivity index (χ4v) is 1.97. The van der Waals surface area contributed by atoms with Crippen molar-refractivity contribution in [3.05, 3.63) is 5.82 Å². The van der Waals surface area contributed by atoms with Crippen molar-refractivity contribution in [2.24, 2.45) is 0 Å². The van der Waals surface area contributed by atoms with Gasteiger partial charge in [0.15, 0.2) is 0 Å². The second-order valence-corrected chi connectivity index (χ2v) is 4.84. The Labute approximate surface area is 99.1 Å². The molecule has 0 saturated heterocycles. The predicted octanol–water partition coefficient (Wildman–Crippen LogP) is 2.33. The van der Waals surface area contributed by atoms with E-state index in [0.29, 0.717) is 12.3 Å². The molecular weight excluding hydrogens is 226 g/mol. The van der Waals surface area contributed by atoms with E-state index in [4.69, 9.17) is 5.11 Å². The molecule has 1 aromatic heterocycles. The van der Waals surface area contributed by atoms with Gasteiger partial charge in [-0.15, -0.1) is 0 Å². The van der Waals surface area contributed by atoms with Gasteiger partial charge in [0.05, 0.1) is 0 Å². The van der Waals surface area contributed by atoms with Gasteiger partial charge in [-0.25, -0.2) is 4.98 Å². The topological polar surface area (TPSA) is 75.1 Å². The summed E-state index contributed by atoms with van der Waals surface area (Å²) in [5.74, 6) is 0.382. The quantitative estimate of drug-likeness (QED) is 0.802. The van der Waals surface area contributed by atoms with Gasteiger partial charge < -0.3 is 10.4 Å². The Kier molecular flexibility index (Phi) is 4.67. The van der Waals surface area contributed by atoms with E-state index >= 15 is 0 Å². The second kappa shape index (κ2) is 5.79. The molecule has 0 bridgehead atoms. The minimum atomic E-state index is -0.770. The Hall–Kier alpha value is -1.17. The standard InChI is InChI=1S/C10H17N3O2S/c1-6(2)9-12-10(16-13-9)11-7(3)4-5-8(14)15/h6-7H,4-5H2,1-3H3,(H,14,15)(H,11,12,13). The summed E-state index contributed by atoms with van der Waals surface area (Å²) in [6.07, 6.45) is 0.760. The number of carbonyl (C=O) groups is 1. The maximum atomic E-state index is 10.4. The van der Waals surface area contributed by atoms with Crippen LogP contribution in [0.3, 0.4) is 0 Å². The van der Waals surface area contributed by atoms with Gasteiger partial charge >= 0.3 is 5.97 Å². The van der Waals surface area contributed by atoms with E-state index < -0.39 is 5.97 Å². The van der Waals surface area contributed by atoms with Crippen LogP contribution in [0.4, 0.5) is 5.13 Å². The Balaban J connectivity index is 2.43. The van der Waals surface area contributed by atoms with Crippen LogP contribution in [0.1, 0.15) is 45.4 Å². The Morgan fingerprint density at radius 2 is 2.19 bits per heavy atom. The number of anilines is 1. The first-order valence-electron chi connectivity index (χ1n) is 5.31. The Morgan fingerprint density at radius 3 is 2.69 bits per heavy atom. The highest BCUT2D eigenvalue weighted by Gasteiger charge is 2.10. The number of hydrogen-bond acceptors (Lipinski definition) is 5. The van der Waals surface area contributed by atoms with Crippen LogP contribution in [-0.4, -0.2) is 26.5 Å². The zero-order chi connectivity index (χ0) is 12.1. The number of nitrogens with zero attached hydrogens (tertiary/aromatic N) is 2. The monoisotopic (exact) mass is 243 g/mol. The maximum absolute atomic E-state index is 10.4. The Bertz CT molecular complexity index is 352. The fourth-order valence-electron chi connectivity index (χ4n) is 1.15. The summed E-state index contributed by atoms with van der Waals surface area (Å²) in [4.78, 5) is 14.7. The Morgan fingerprint density at radius 1 is 1.50 bits per heavy atom. The highest BCUT2D eigenvalue weighted by atomic mass is 32.1. The first kappa shape index (κ1) is 12.9. The largest absolute Gasteiger partial charge is 0.481 e. The normalized spacial score (nSPS) is 12.8. The average molecular weight is 243 g/mol. The van der Waals surface area contributed by atoms with Gasteiger partial charge in [0.25, 0.3) is 0 Å². The second-order valence-electron chi connectivity index (χ2n) is 4.09. The number of nitrogens with one attached hydrogen (secondary N) is 1. The number of rotatable bonds is 6. The van der Waals surface area contributed by atoms with Crippen LogP contribution in [0.5, 0.6) is 0 Å². The van der Waals surface area contributed by atoms with Crippen LogP contribution in [0, 0.1) is 0 Å². The summed E-state index contributed by atoms with van der Waals surface area (Å²) >= 11 is 1.32. The number of aromatic nitrogens is 2. The number of carboxylic acids is 1. The van der Waals surface area contributed by atoms with Gasteiger partial charge in [-0.2, -0.15) is 4.37 Å². The predicted molar refractivity (Wildman–Crippen MR) is 64.0 cm³/mol. The van der Waals surface area contributed by atoms with Crippen molar-refractivity contribution in [3.8, 4) is 0 Å². The molecule has 0 saturated carbocycles.